The van der Waals surface area contributed by atoms with Crippen LogP contribution in [0.25, 0.3) is 0 Å². The third kappa shape index (κ3) is 2.50. The van der Waals surface area contributed by atoms with Crippen LogP contribution in [0.4, 0.5) is 5.82 Å². The molecule has 0 bridgehead atoms. The topological polar surface area (TPSA) is 53.4 Å². The minimum atomic E-state index is -0.988. The van der Waals surface area contributed by atoms with Crippen LogP contribution in [0.5, 0.6) is 0 Å². The minimum absolute atomic E-state index is 0.169. The maximum atomic E-state index is 10.9. The normalized spacial score (nSPS) is 19.1. The van der Waals surface area contributed by atoms with Gasteiger partial charge in [0.1, 0.15) is 4.95 Å². The summed E-state index contributed by atoms with van der Waals surface area (Å²) in [4.78, 5) is 16.5. The molecule has 0 radical (unpaired) electrons. The predicted molar refractivity (Wildman–Crippen MR) is 69.3 cm³/mol. The molecule has 1 aromatic heterocycles. The van der Waals surface area contributed by atoms with E-state index in [1.807, 2.05) is 0 Å². The molecule has 1 aromatic rings. The molecule has 0 spiro atoms. The summed E-state index contributed by atoms with van der Waals surface area (Å²) in [6.07, 6.45) is 6.35. The van der Waals surface area contributed by atoms with Gasteiger partial charge in [0.15, 0.2) is 5.82 Å². The number of anilines is 1. The molecule has 6 heteroatoms. The zero-order chi connectivity index (χ0) is 12.4. The Balaban J connectivity index is 2.41. The second-order valence-electron chi connectivity index (χ2n) is 3.34. The van der Waals surface area contributed by atoms with E-state index in [-0.39, 0.29) is 10.5 Å². The van der Waals surface area contributed by atoms with Crippen LogP contribution >= 0.6 is 27.5 Å². The smallest absolute Gasteiger partial charge is 0.337 e. The monoisotopic (exact) mass is 314 g/mol. The molecule has 0 amide bonds. The highest BCUT2D eigenvalue weighted by atomic mass is 79.9. The summed E-state index contributed by atoms with van der Waals surface area (Å²) in [6, 6.07) is 3.42. The minimum Gasteiger partial charge on any atom is -0.478 e. The predicted octanol–water partition coefficient (Wildman–Crippen LogP) is 2.80. The fraction of sp³-hybridized carbons (Fsp3) is 0.0909. The summed E-state index contributed by atoms with van der Waals surface area (Å²) < 4.78 is 0. The number of alkyl halides is 1. The SMILES string of the molecule is O=C(O)C1=CN(c2ncccc2Cl)C(Br)C=C1. The Morgan fingerprint density at radius 2 is 2.35 bits per heavy atom. The summed E-state index contributed by atoms with van der Waals surface area (Å²) in [7, 11) is 0. The van der Waals surface area contributed by atoms with Crippen molar-refractivity contribution in [3.8, 4) is 0 Å². The summed E-state index contributed by atoms with van der Waals surface area (Å²) in [5.74, 6) is -0.475. The summed E-state index contributed by atoms with van der Waals surface area (Å²) in [6.45, 7) is 0. The summed E-state index contributed by atoms with van der Waals surface area (Å²) in [5.41, 5.74) is 0.183. The van der Waals surface area contributed by atoms with Gasteiger partial charge in [0.25, 0.3) is 0 Å². The number of hydrogen-bond acceptors (Lipinski definition) is 3. The first kappa shape index (κ1) is 12.1. The van der Waals surface area contributed by atoms with Crippen molar-refractivity contribution in [2.45, 2.75) is 4.95 Å². The van der Waals surface area contributed by atoms with Crippen molar-refractivity contribution in [1.82, 2.24) is 4.98 Å². The van der Waals surface area contributed by atoms with E-state index >= 15 is 0 Å². The molecular formula is C11H8BrClN2O2. The number of nitrogens with zero attached hydrogens (tertiary/aromatic N) is 2. The Morgan fingerprint density at radius 3 is 3.00 bits per heavy atom. The Labute approximate surface area is 111 Å². The zero-order valence-corrected chi connectivity index (χ0v) is 10.9. The standard InChI is InChI=1S/C11H8BrClN2O2/c12-9-4-3-7(11(16)17)6-15(9)10-8(13)2-1-5-14-10/h1-6,9H,(H,16,17). The largest absolute Gasteiger partial charge is 0.478 e. The third-order valence-corrected chi connectivity index (χ3v) is 3.25. The fourth-order valence-electron chi connectivity index (χ4n) is 1.41. The van der Waals surface area contributed by atoms with Crippen molar-refractivity contribution in [2.24, 2.45) is 0 Å². The molecule has 0 saturated heterocycles. The summed E-state index contributed by atoms with van der Waals surface area (Å²) >= 11 is 9.43. The lowest BCUT2D eigenvalue weighted by molar-refractivity contribution is -0.132. The highest BCUT2D eigenvalue weighted by Crippen LogP contribution is 2.29. The van der Waals surface area contributed by atoms with Gasteiger partial charge in [-0.2, -0.15) is 0 Å². The number of halogens is 2. The molecular weight excluding hydrogens is 307 g/mol. The maximum Gasteiger partial charge on any atom is 0.337 e. The van der Waals surface area contributed by atoms with E-state index in [0.717, 1.165) is 0 Å². The van der Waals surface area contributed by atoms with E-state index in [1.165, 1.54) is 12.3 Å². The maximum absolute atomic E-state index is 10.9. The van der Waals surface area contributed by atoms with Crippen LogP contribution in [0.2, 0.25) is 5.02 Å². The van der Waals surface area contributed by atoms with E-state index in [0.29, 0.717) is 10.8 Å². The van der Waals surface area contributed by atoms with Crippen molar-refractivity contribution in [2.75, 3.05) is 4.90 Å². The van der Waals surface area contributed by atoms with Gasteiger partial charge in [-0.25, -0.2) is 9.78 Å². The molecule has 1 unspecified atom stereocenters. The van der Waals surface area contributed by atoms with E-state index in [9.17, 15) is 4.79 Å². The first-order valence-corrected chi connectivity index (χ1v) is 6.05. The number of aliphatic carboxylic acids is 1. The zero-order valence-electron chi connectivity index (χ0n) is 8.55. The number of rotatable bonds is 2. The molecule has 1 aliphatic heterocycles. The van der Waals surface area contributed by atoms with Crippen LogP contribution in [0.3, 0.4) is 0 Å². The quantitative estimate of drug-likeness (QED) is 0.673. The van der Waals surface area contributed by atoms with E-state index < -0.39 is 5.97 Å². The Kier molecular flexibility index (Phi) is 3.49. The van der Waals surface area contributed by atoms with Crippen LogP contribution in [-0.4, -0.2) is 21.0 Å². The average molecular weight is 316 g/mol. The molecule has 1 N–H and O–H groups in total. The number of carboxylic acid groups (broad SMARTS) is 1. The highest BCUT2D eigenvalue weighted by molar-refractivity contribution is 9.09. The lowest BCUT2D eigenvalue weighted by Gasteiger charge is -2.26. The van der Waals surface area contributed by atoms with Gasteiger partial charge < -0.3 is 10.0 Å². The van der Waals surface area contributed by atoms with Gasteiger partial charge in [-0.15, -0.1) is 0 Å². The molecule has 88 valence electrons. The molecule has 1 atom stereocenters. The second-order valence-corrected chi connectivity index (χ2v) is 4.68. The van der Waals surface area contributed by atoms with Crippen LogP contribution in [0.15, 0.2) is 42.3 Å². The Bertz CT molecular complexity index is 516. The molecule has 17 heavy (non-hydrogen) atoms. The first-order valence-electron chi connectivity index (χ1n) is 4.76. The molecule has 0 fully saturated rings. The lowest BCUT2D eigenvalue weighted by atomic mass is 10.2. The lowest BCUT2D eigenvalue weighted by Crippen LogP contribution is -2.28. The molecule has 0 aliphatic carbocycles. The first-order chi connectivity index (χ1) is 8.09. The van der Waals surface area contributed by atoms with Gasteiger partial charge in [-0.3, -0.25) is 0 Å². The van der Waals surface area contributed by atoms with Gasteiger partial charge in [0.2, 0.25) is 0 Å². The Hall–Kier alpha value is -1.33. The van der Waals surface area contributed by atoms with E-state index in [4.69, 9.17) is 16.7 Å². The molecule has 4 nitrogen and oxygen atoms in total. The number of pyridine rings is 1. The van der Waals surface area contributed by atoms with Crippen LogP contribution in [0.1, 0.15) is 0 Å². The summed E-state index contributed by atoms with van der Waals surface area (Å²) in [5, 5.41) is 9.41. The van der Waals surface area contributed by atoms with Crippen LogP contribution in [0, 0.1) is 0 Å². The van der Waals surface area contributed by atoms with Crippen LogP contribution in [-0.2, 0) is 4.79 Å². The number of aromatic nitrogens is 1. The van der Waals surface area contributed by atoms with Gasteiger partial charge in [0.05, 0.1) is 10.6 Å². The van der Waals surface area contributed by atoms with Crippen molar-refractivity contribution in [1.29, 1.82) is 0 Å². The molecule has 2 rings (SSSR count). The molecule has 2 heterocycles. The third-order valence-electron chi connectivity index (χ3n) is 2.21. The second kappa shape index (κ2) is 4.89. The average Bonchev–Trinajstić information content (AvgIpc) is 2.30. The van der Waals surface area contributed by atoms with Gasteiger partial charge in [0, 0.05) is 12.4 Å². The number of hydrogen-bond donors (Lipinski definition) is 1. The van der Waals surface area contributed by atoms with Crippen molar-refractivity contribution in [3.05, 3.63) is 47.3 Å². The van der Waals surface area contributed by atoms with E-state index in [2.05, 4.69) is 20.9 Å². The van der Waals surface area contributed by atoms with E-state index in [1.54, 1.807) is 29.3 Å². The number of carbonyl (C=O) groups is 1. The van der Waals surface area contributed by atoms with Crippen molar-refractivity contribution in [3.63, 3.8) is 0 Å². The number of carboxylic acids is 1. The van der Waals surface area contributed by atoms with Gasteiger partial charge in [-0.1, -0.05) is 33.6 Å². The highest BCUT2D eigenvalue weighted by Gasteiger charge is 2.21. The molecule has 1 aliphatic rings. The van der Waals surface area contributed by atoms with Crippen molar-refractivity contribution < 1.29 is 9.90 Å². The fourth-order valence-corrected chi connectivity index (χ4v) is 2.10. The van der Waals surface area contributed by atoms with Gasteiger partial charge >= 0.3 is 5.97 Å². The van der Waals surface area contributed by atoms with Crippen LogP contribution < -0.4 is 4.90 Å². The molecule has 0 aromatic carbocycles. The Morgan fingerprint density at radius 1 is 1.59 bits per heavy atom. The molecule has 0 saturated carbocycles. The van der Waals surface area contributed by atoms with Crippen molar-refractivity contribution >= 4 is 39.3 Å². The van der Waals surface area contributed by atoms with Gasteiger partial charge in [-0.05, 0) is 18.2 Å².